The first kappa shape index (κ1) is 13.6. The number of hydrogen-bond donors (Lipinski definition) is 3. The molecule has 0 aromatic heterocycles. The highest BCUT2D eigenvalue weighted by atomic mass is 19.1. The first-order valence-corrected chi connectivity index (χ1v) is 5.32. The second-order valence-electron chi connectivity index (χ2n) is 4.41. The first-order valence-electron chi connectivity index (χ1n) is 5.32. The van der Waals surface area contributed by atoms with Crippen LogP contribution >= 0.6 is 0 Å². The molecule has 0 aliphatic carbocycles. The van der Waals surface area contributed by atoms with Gasteiger partial charge in [-0.2, -0.15) is 0 Å². The van der Waals surface area contributed by atoms with Gasteiger partial charge in [-0.25, -0.2) is 4.39 Å². The molecule has 1 unspecified atom stereocenters. The van der Waals surface area contributed by atoms with Gasteiger partial charge in [0, 0.05) is 12.1 Å². The highest BCUT2D eigenvalue weighted by Gasteiger charge is 2.25. The Morgan fingerprint density at radius 3 is 2.65 bits per heavy atom. The zero-order chi connectivity index (χ0) is 13.1. The molecule has 0 spiro atoms. The van der Waals surface area contributed by atoms with Crippen molar-refractivity contribution >= 4 is 5.91 Å². The number of carbonyl (C=O) groups excluding carboxylic acids is 1. The number of aliphatic hydroxyl groups excluding tert-OH is 1. The molecule has 0 radical (unpaired) electrons. The topological polar surface area (TPSA) is 75.3 Å². The van der Waals surface area contributed by atoms with E-state index in [9.17, 15) is 14.3 Å². The molecule has 0 heterocycles. The van der Waals surface area contributed by atoms with Crippen molar-refractivity contribution in [3.63, 3.8) is 0 Å². The number of amides is 1. The molecule has 1 aromatic carbocycles. The minimum atomic E-state index is -1.02. The molecule has 1 amide bonds. The van der Waals surface area contributed by atoms with Crippen LogP contribution in [0.4, 0.5) is 4.39 Å². The van der Waals surface area contributed by atoms with Crippen molar-refractivity contribution in [2.75, 3.05) is 6.54 Å². The van der Waals surface area contributed by atoms with Gasteiger partial charge in [0.1, 0.15) is 5.82 Å². The van der Waals surface area contributed by atoms with Crippen LogP contribution in [0.2, 0.25) is 0 Å². The first-order chi connectivity index (χ1) is 7.84. The quantitative estimate of drug-likeness (QED) is 0.709. The van der Waals surface area contributed by atoms with Crippen LogP contribution < -0.4 is 11.1 Å². The molecule has 1 rings (SSSR count). The molecular weight excluding hydrogens is 223 g/mol. The molecule has 1 atom stereocenters. The molecule has 1 aromatic rings. The number of nitrogens with two attached hydrogens (primary N) is 1. The van der Waals surface area contributed by atoms with Crippen LogP contribution in [0.15, 0.2) is 24.3 Å². The summed E-state index contributed by atoms with van der Waals surface area (Å²) in [6, 6.07) is 5.96. The number of carbonyl (C=O) groups is 1. The Morgan fingerprint density at radius 2 is 2.12 bits per heavy atom. The number of hydrogen-bond acceptors (Lipinski definition) is 3. The van der Waals surface area contributed by atoms with Gasteiger partial charge in [0.2, 0.25) is 5.91 Å². The smallest absolute Gasteiger partial charge is 0.237 e. The summed E-state index contributed by atoms with van der Waals surface area (Å²) in [6.45, 7) is 3.25. The third-order valence-corrected chi connectivity index (χ3v) is 2.62. The van der Waals surface area contributed by atoms with Gasteiger partial charge in [-0.05, 0) is 19.9 Å². The van der Waals surface area contributed by atoms with Gasteiger partial charge in [0.05, 0.1) is 11.6 Å². The Balaban J connectivity index is 2.65. The molecule has 17 heavy (non-hydrogen) atoms. The van der Waals surface area contributed by atoms with Crippen molar-refractivity contribution in [2.45, 2.75) is 25.5 Å². The average molecular weight is 240 g/mol. The summed E-state index contributed by atoms with van der Waals surface area (Å²) in [7, 11) is 0. The van der Waals surface area contributed by atoms with Gasteiger partial charge in [0.15, 0.2) is 0 Å². The summed E-state index contributed by atoms with van der Waals surface area (Å²) in [5.41, 5.74) is 4.42. The Bertz CT molecular complexity index is 407. The molecule has 0 saturated heterocycles. The molecule has 4 N–H and O–H groups in total. The fourth-order valence-electron chi connectivity index (χ4n) is 1.29. The monoisotopic (exact) mass is 240 g/mol. The van der Waals surface area contributed by atoms with Gasteiger partial charge in [-0.1, -0.05) is 18.2 Å². The number of rotatable bonds is 5. The van der Waals surface area contributed by atoms with Gasteiger partial charge in [-0.15, -0.1) is 0 Å². The van der Waals surface area contributed by atoms with Crippen molar-refractivity contribution in [2.24, 2.45) is 5.73 Å². The van der Waals surface area contributed by atoms with Crippen molar-refractivity contribution in [1.29, 1.82) is 0 Å². The lowest BCUT2D eigenvalue weighted by molar-refractivity contribution is -0.123. The lowest BCUT2D eigenvalue weighted by Gasteiger charge is -2.24. The predicted molar refractivity (Wildman–Crippen MR) is 62.6 cm³/mol. The molecule has 0 aliphatic rings. The number of nitrogens with one attached hydrogen (secondary N) is 1. The van der Waals surface area contributed by atoms with E-state index in [1.807, 2.05) is 0 Å². The van der Waals surface area contributed by atoms with E-state index in [0.717, 1.165) is 0 Å². The Kier molecular flexibility index (Phi) is 4.20. The van der Waals surface area contributed by atoms with Crippen LogP contribution in [0.1, 0.15) is 25.5 Å². The van der Waals surface area contributed by atoms with Crippen LogP contribution in [0.5, 0.6) is 0 Å². The van der Waals surface area contributed by atoms with Crippen molar-refractivity contribution < 1.29 is 14.3 Å². The second-order valence-corrected chi connectivity index (χ2v) is 4.41. The molecule has 0 fully saturated rings. The van der Waals surface area contributed by atoms with E-state index < -0.39 is 23.4 Å². The number of aliphatic hydroxyl groups is 1. The Hall–Kier alpha value is -1.46. The van der Waals surface area contributed by atoms with Crippen LogP contribution in [-0.2, 0) is 4.79 Å². The fraction of sp³-hybridized carbons (Fsp3) is 0.417. The Labute approximate surface area is 99.6 Å². The third kappa shape index (κ3) is 3.51. The minimum Gasteiger partial charge on any atom is -0.387 e. The van der Waals surface area contributed by atoms with Crippen molar-refractivity contribution in [3.05, 3.63) is 35.6 Å². The predicted octanol–water partition coefficient (Wildman–Crippen LogP) is 0.713. The lowest BCUT2D eigenvalue weighted by atomic mass is 10.0. The second kappa shape index (κ2) is 5.25. The highest BCUT2D eigenvalue weighted by Crippen LogP contribution is 2.16. The summed E-state index contributed by atoms with van der Waals surface area (Å²) >= 11 is 0. The minimum absolute atomic E-state index is 0.0525. The number of primary amides is 1. The standard InChI is InChI=1S/C12H17FN2O2/c1-12(2,11(14)17)15-7-10(16)8-5-3-4-6-9(8)13/h3-6,10,15-16H,7H2,1-2H3,(H2,14,17). The largest absolute Gasteiger partial charge is 0.387 e. The maximum Gasteiger partial charge on any atom is 0.237 e. The van der Waals surface area contributed by atoms with E-state index in [2.05, 4.69) is 5.32 Å². The van der Waals surface area contributed by atoms with E-state index in [-0.39, 0.29) is 12.1 Å². The van der Waals surface area contributed by atoms with E-state index in [1.165, 1.54) is 12.1 Å². The van der Waals surface area contributed by atoms with E-state index in [0.29, 0.717) is 0 Å². The molecule has 0 bridgehead atoms. The number of benzene rings is 1. The lowest BCUT2D eigenvalue weighted by Crippen LogP contribution is -2.51. The molecule has 0 aliphatic heterocycles. The van der Waals surface area contributed by atoms with E-state index in [1.54, 1.807) is 26.0 Å². The average Bonchev–Trinajstić information content (AvgIpc) is 2.26. The van der Waals surface area contributed by atoms with Gasteiger partial charge >= 0.3 is 0 Å². The number of halogens is 1. The highest BCUT2D eigenvalue weighted by molar-refractivity contribution is 5.83. The molecule has 5 heteroatoms. The van der Waals surface area contributed by atoms with Crippen LogP contribution in [-0.4, -0.2) is 23.1 Å². The number of β-amino-alcohol motifs (C(OH)–C–C–N with tert-alkyl or cyclic N) is 1. The normalized spacial score (nSPS) is 13.4. The molecular formula is C12H17FN2O2. The molecule has 0 saturated carbocycles. The summed E-state index contributed by atoms with van der Waals surface area (Å²) in [6.07, 6.45) is -1.02. The van der Waals surface area contributed by atoms with Gasteiger partial charge < -0.3 is 16.2 Å². The SMILES string of the molecule is CC(C)(NCC(O)c1ccccc1F)C(N)=O. The van der Waals surface area contributed by atoms with Crippen LogP contribution in [0.25, 0.3) is 0 Å². The van der Waals surface area contributed by atoms with Gasteiger partial charge in [0.25, 0.3) is 0 Å². The fourth-order valence-corrected chi connectivity index (χ4v) is 1.29. The molecule has 94 valence electrons. The van der Waals surface area contributed by atoms with Crippen LogP contribution in [0.3, 0.4) is 0 Å². The van der Waals surface area contributed by atoms with E-state index in [4.69, 9.17) is 5.73 Å². The van der Waals surface area contributed by atoms with E-state index >= 15 is 0 Å². The third-order valence-electron chi connectivity index (χ3n) is 2.62. The van der Waals surface area contributed by atoms with Crippen LogP contribution in [0, 0.1) is 5.82 Å². The molecule has 4 nitrogen and oxygen atoms in total. The van der Waals surface area contributed by atoms with Crippen molar-refractivity contribution in [3.8, 4) is 0 Å². The maximum atomic E-state index is 13.3. The summed E-state index contributed by atoms with van der Waals surface area (Å²) in [5, 5.41) is 12.6. The summed E-state index contributed by atoms with van der Waals surface area (Å²) in [4.78, 5) is 11.0. The maximum absolute atomic E-state index is 13.3. The zero-order valence-corrected chi connectivity index (χ0v) is 9.90. The Morgan fingerprint density at radius 1 is 1.53 bits per heavy atom. The van der Waals surface area contributed by atoms with Gasteiger partial charge in [-0.3, -0.25) is 4.79 Å². The van der Waals surface area contributed by atoms with Crippen molar-refractivity contribution in [1.82, 2.24) is 5.32 Å². The summed E-state index contributed by atoms with van der Waals surface area (Å²) in [5.74, 6) is -1.00. The summed E-state index contributed by atoms with van der Waals surface area (Å²) < 4.78 is 13.3. The zero-order valence-electron chi connectivity index (χ0n) is 9.90.